The summed E-state index contributed by atoms with van der Waals surface area (Å²) in [7, 11) is 1.70. The summed E-state index contributed by atoms with van der Waals surface area (Å²) in [4.78, 5) is 24.5. The van der Waals surface area contributed by atoms with Gasteiger partial charge in [-0.1, -0.05) is 36.4 Å². The van der Waals surface area contributed by atoms with Gasteiger partial charge in [-0.2, -0.15) is 4.98 Å². The number of aromatic nitrogens is 4. The zero-order chi connectivity index (χ0) is 23.4. The van der Waals surface area contributed by atoms with Gasteiger partial charge in [-0.15, -0.1) is 5.10 Å². The Morgan fingerprint density at radius 1 is 1.18 bits per heavy atom. The minimum Gasteiger partial charge on any atom is -0.496 e. The number of carbonyl (C=O) groups excluding carboxylic acids is 1. The lowest BCUT2D eigenvalue weighted by atomic mass is 10.00. The number of methoxy groups -OCH3 is 1. The zero-order valence-corrected chi connectivity index (χ0v) is 20.6. The van der Waals surface area contributed by atoms with Crippen LogP contribution in [0.4, 0.5) is 0 Å². The predicted octanol–water partition coefficient (Wildman–Crippen LogP) is 3.36. The molecule has 1 fully saturated rings. The molecule has 4 rings (SSSR count). The van der Waals surface area contributed by atoms with Gasteiger partial charge in [0.15, 0.2) is 0 Å². The molecule has 9 heteroatoms. The van der Waals surface area contributed by atoms with Crippen LogP contribution in [0.3, 0.4) is 0 Å². The zero-order valence-electron chi connectivity index (χ0n) is 19.8. The van der Waals surface area contributed by atoms with Crippen molar-refractivity contribution in [2.45, 2.75) is 50.7 Å². The Labute approximate surface area is 199 Å². The first-order chi connectivity index (χ1) is 16.0. The SMILES string of the molecule is COc1ccccc1[C@@H](CNC(=O)Cc1c(C)nc2nc(SC)nn2c1C)N1CCCCC1. The van der Waals surface area contributed by atoms with Gasteiger partial charge in [0.2, 0.25) is 11.1 Å². The van der Waals surface area contributed by atoms with E-state index in [0.717, 1.165) is 41.4 Å². The Hall–Kier alpha value is -2.65. The molecule has 0 radical (unpaired) electrons. The summed E-state index contributed by atoms with van der Waals surface area (Å²) >= 11 is 1.48. The minimum atomic E-state index is -0.0236. The van der Waals surface area contributed by atoms with Crippen LogP contribution in [0.2, 0.25) is 0 Å². The first-order valence-corrected chi connectivity index (χ1v) is 12.6. The maximum absolute atomic E-state index is 13.0. The van der Waals surface area contributed by atoms with Gasteiger partial charge in [0.1, 0.15) is 5.75 Å². The van der Waals surface area contributed by atoms with E-state index >= 15 is 0 Å². The van der Waals surface area contributed by atoms with E-state index in [1.54, 1.807) is 11.6 Å². The van der Waals surface area contributed by atoms with Gasteiger partial charge in [-0.25, -0.2) is 9.50 Å². The second-order valence-corrected chi connectivity index (χ2v) is 9.18. The number of rotatable bonds is 8. The van der Waals surface area contributed by atoms with E-state index in [-0.39, 0.29) is 18.4 Å². The van der Waals surface area contributed by atoms with Crippen LogP contribution in [-0.4, -0.2) is 63.4 Å². The molecule has 1 aromatic carbocycles. The first kappa shape index (κ1) is 23.5. The molecule has 1 amide bonds. The molecule has 0 spiro atoms. The van der Waals surface area contributed by atoms with E-state index in [2.05, 4.69) is 31.3 Å². The highest BCUT2D eigenvalue weighted by Gasteiger charge is 2.25. The van der Waals surface area contributed by atoms with Crippen LogP contribution in [0.25, 0.3) is 5.78 Å². The highest BCUT2D eigenvalue weighted by molar-refractivity contribution is 7.98. The number of amides is 1. The van der Waals surface area contributed by atoms with Crippen LogP contribution in [0, 0.1) is 13.8 Å². The predicted molar refractivity (Wildman–Crippen MR) is 130 cm³/mol. The molecule has 0 bridgehead atoms. The molecule has 0 unspecified atom stereocenters. The number of fused-ring (bicyclic) bond motifs is 1. The van der Waals surface area contributed by atoms with Crippen molar-refractivity contribution in [2.75, 3.05) is 33.0 Å². The van der Waals surface area contributed by atoms with E-state index < -0.39 is 0 Å². The summed E-state index contributed by atoms with van der Waals surface area (Å²) in [6.45, 7) is 6.48. The van der Waals surface area contributed by atoms with Gasteiger partial charge < -0.3 is 10.1 Å². The average molecular weight is 469 g/mol. The summed E-state index contributed by atoms with van der Waals surface area (Å²) < 4.78 is 7.37. The molecule has 1 atom stereocenters. The van der Waals surface area contributed by atoms with Crippen molar-refractivity contribution in [3.8, 4) is 5.75 Å². The van der Waals surface area contributed by atoms with E-state index in [0.29, 0.717) is 17.5 Å². The summed E-state index contributed by atoms with van der Waals surface area (Å²) in [6, 6.07) is 8.18. The van der Waals surface area contributed by atoms with Crippen molar-refractivity contribution in [1.82, 2.24) is 29.8 Å². The van der Waals surface area contributed by atoms with Crippen molar-refractivity contribution in [3.63, 3.8) is 0 Å². The van der Waals surface area contributed by atoms with Gasteiger partial charge in [0, 0.05) is 29.1 Å². The Balaban J connectivity index is 1.52. The number of hydrogen-bond acceptors (Lipinski definition) is 7. The molecular formula is C24H32N6O2S. The third kappa shape index (κ3) is 5.14. The number of likely N-dealkylation sites (tertiary alicyclic amines) is 1. The van der Waals surface area contributed by atoms with Crippen molar-refractivity contribution >= 4 is 23.4 Å². The summed E-state index contributed by atoms with van der Waals surface area (Å²) in [5.41, 5.74) is 3.72. The second-order valence-electron chi connectivity index (χ2n) is 8.41. The van der Waals surface area contributed by atoms with Crippen molar-refractivity contribution in [1.29, 1.82) is 0 Å². The number of benzene rings is 1. The number of para-hydroxylation sites is 1. The molecule has 3 heterocycles. The fraction of sp³-hybridized carbons (Fsp3) is 0.500. The first-order valence-electron chi connectivity index (χ1n) is 11.4. The fourth-order valence-electron chi connectivity index (χ4n) is 4.57. The lowest BCUT2D eigenvalue weighted by Gasteiger charge is -2.35. The van der Waals surface area contributed by atoms with Gasteiger partial charge in [0.25, 0.3) is 5.78 Å². The smallest absolute Gasteiger partial charge is 0.253 e. The van der Waals surface area contributed by atoms with Crippen LogP contribution >= 0.6 is 11.8 Å². The Bertz CT molecular complexity index is 1130. The molecular weight excluding hydrogens is 436 g/mol. The molecule has 3 aromatic rings. The van der Waals surface area contributed by atoms with Crippen LogP contribution < -0.4 is 10.1 Å². The Morgan fingerprint density at radius 2 is 1.94 bits per heavy atom. The van der Waals surface area contributed by atoms with E-state index in [1.807, 2.05) is 38.3 Å². The lowest BCUT2D eigenvalue weighted by molar-refractivity contribution is -0.120. The van der Waals surface area contributed by atoms with Crippen LogP contribution in [0.1, 0.15) is 47.8 Å². The lowest BCUT2D eigenvalue weighted by Crippen LogP contribution is -2.41. The fourth-order valence-corrected chi connectivity index (χ4v) is 4.91. The highest BCUT2D eigenvalue weighted by Crippen LogP contribution is 2.31. The van der Waals surface area contributed by atoms with Crippen LogP contribution in [0.15, 0.2) is 29.4 Å². The maximum atomic E-state index is 13.0. The molecule has 0 aliphatic carbocycles. The van der Waals surface area contributed by atoms with Gasteiger partial charge >= 0.3 is 0 Å². The molecule has 0 saturated carbocycles. The third-order valence-electron chi connectivity index (χ3n) is 6.37. The number of carbonyl (C=O) groups is 1. The number of nitrogens with one attached hydrogen (secondary N) is 1. The minimum absolute atomic E-state index is 0.0236. The molecule has 176 valence electrons. The molecule has 33 heavy (non-hydrogen) atoms. The normalized spacial score (nSPS) is 15.5. The number of nitrogens with zero attached hydrogens (tertiary/aromatic N) is 5. The van der Waals surface area contributed by atoms with Crippen molar-refractivity contribution < 1.29 is 9.53 Å². The molecule has 8 nitrogen and oxygen atoms in total. The quantitative estimate of drug-likeness (QED) is 0.508. The van der Waals surface area contributed by atoms with Gasteiger partial charge in [-0.05, 0) is 52.1 Å². The monoisotopic (exact) mass is 468 g/mol. The standard InChI is InChI=1S/C24H32N6O2S/c1-16-19(17(2)30-23(26-16)27-24(28-30)33-4)14-22(31)25-15-20(29-12-8-5-9-13-29)18-10-6-7-11-21(18)32-3/h6-7,10-11,20H,5,8-9,12-15H2,1-4H3,(H,25,31)/t20-/m1/s1. The summed E-state index contributed by atoms with van der Waals surface area (Å²) in [6.07, 6.45) is 5.81. The molecule has 1 N–H and O–H groups in total. The summed E-state index contributed by atoms with van der Waals surface area (Å²) in [5, 5.41) is 8.35. The topological polar surface area (TPSA) is 84.6 Å². The molecule has 1 saturated heterocycles. The molecule has 1 aliphatic heterocycles. The van der Waals surface area contributed by atoms with E-state index in [9.17, 15) is 4.79 Å². The van der Waals surface area contributed by atoms with Crippen LogP contribution in [-0.2, 0) is 11.2 Å². The molecule has 2 aromatic heterocycles. The number of hydrogen-bond donors (Lipinski definition) is 1. The Kier molecular flexibility index (Phi) is 7.49. The number of piperidine rings is 1. The molecule has 1 aliphatic rings. The van der Waals surface area contributed by atoms with E-state index in [1.165, 1.54) is 31.0 Å². The van der Waals surface area contributed by atoms with Crippen molar-refractivity contribution in [3.05, 3.63) is 46.8 Å². The number of aryl methyl sites for hydroxylation is 2. The average Bonchev–Trinajstić information content (AvgIpc) is 3.26. The van der Waals surface area contributed by atoms with Crippen molar-refractivity contribution in [2.24, 2.45) is 0 Å². The van der Waals surface area contributed by atoms with Crippen LogP contribution in [0.5, 0.6) is 5.75 Å². The van der Waals surface area contributed by atoms with Gasteiger partial charge in [0.05, 0.1) is 19.6 Å². The number of thioether (sulfide) groups is 1. The number of ether oxygens (including phenoxy) is 1. The van der Waals surface area contributed by atoms with Gasteiger partial charge in [-0.3, -0.25) is 9.69 Å². The maximum Gasteiger partial charge on any atom is 0.253 e. The Morgan fingerprint density at radius 3 is 2.67 bits per heavy atom. The highest BCUT2D eigenvalue weighted by atomic mass is 32.2. The largest absolute Gasteiger partial charge is 0.496 e. The summed E-state index contributed by atoms with van der Waals surface area (Å²) in [5.74, 6) is 1.41. The van der Waals surface area contributed by atoms with E-state index in [4.69, 9.17) is 4.74 Å². The second kappa shape index (κ2) is 10.5. The third-order valence-corrected chi connectivity index (χ3v) is 6.91.